The molecule has 1 aromatic carbocycles. The summed E-state index contributed by atoms with van der Waals surface area (Å²) < 4.78 is 29.5. The average molecular weight is 657 g/mol. The van der Waals surface area contributed by atoms with Crippen molar-refractivity contribution in [2.45, 2.75) is 64.6 Å². The van der Waals surface area contributed by atoms with E-state index >= 15 is 0 Å². The van der Waals surface area contributed by atoms with Crippen molar-refractivity contribution in [3.8, 4) is 5.75 Å². The topological polar surface area (TPSA) is 174 Å². The molecule has 1 saturated carbocycles. The maximum Gasteiger partial charge on any atom is 0.225 e. The predicted octanol–water partition coefficient (Wildman–Crippen LogP) is 2.97. The number of benzene rings is 1. The van der Waals surface area contributed by atoms with E-state index in [1.54, 1.807) is 7.11 Å². The highest BCUT2D eigenvalue weighted by atomic mass is 16.6. The lowest BCUT2D eigenvalue weighted by molar-refractivity contribution is -0.137. The van der Waals surface area contributed by atoms with Crippen molar-refractivity contribution in [2.24, 2.45) is 5.73 Å². The zero-order chi connectivity index (χ0) is 33.3. The number of carbonyl (C=O) groups is 1. The molecule has 1 fully saturated rings. The molecule has 1 amide bonds. The molecule has 0 atom stereocenters. The predicted molar refractivity (Wildman–Crippen MR) is 180 cm³/mol. The molecule has 14 nitrogen and oxygen atoms in total. The summed E-state index contributed by atoms with van der Waals surface area (Å²) in [4.78, 5) is 24.0. The molecule has 0 aliphatic heterocycles. The summed E-state index contributed by atoms with van der Waals surface area (Å²) in [5, 5.41) is 8.08. The molecule has 14 heteroatoms. The lowest BCUT2D eigenvalue weighted by Crippen LogP contribution is -2.44. The van der Waals surface area contributed by atoms with E-state index in [9.17, 15) is 4.79 Å². The molecule has 0 radical (unpaired) electrons. The number of nitrogens with one attached hydrogen (secondary N) is 1. The van der Waals surface area contributed by atoms with Crippen LogP contribution in [0.2, 0.25) is 0 Å². The molecule has 5 N–H and O–H groups in total. The Balaban J connectivity index is 1.25. The normalized spacial score (nSPS) is 13.2. The molecule has 47 heavy (non-hydrogen) atoms. The van der Waals surface area contributed by atoms with E-state index in [2.05, 4.69) is 28.3 Å². The highest BCUT2D eigenvalue weighted by Crippen LogP contribution is 2.29. The number of anilines is 2. The third-order valence-electron chi connectivity index (χ3n) is 7.96. The second kappa shape index (κ2) is 20.0. The minimum Gasteiger partial charge on any atom is -0.496 e. The zero-order valence-corrected chi connectivity index (χ0v) is 28.0. The zero-order valence-electron chi connectivity index (χ0n) is 28.0. The Morgan fingerprint density at radius 1 is 1.02 bits per heavy atom. The van der Waals surface area contributed by atoms with Gasteiger partial charge in [-0.25, -0.2) is 4.98 Å². The number of methoxy groups -OCH3 is 1. The number of hydrogen-bond donors (Lipinski definition) is 3. The highest BCUT2D eigenvalue weighted by molar-refractivity contribution is 5.85. The summed E-state index contributed by atoms with van der Waals surface area (Å²) in [6.45, 7) is 8.24. The Morgan fingerprint density at radius 3 is 2.36 bits per heavy atom. The maximum absolute atomic E-state index is 13.3. The Morgan fingerprint density at radius 2 is 1.72 bits per heavy atom. The molecular formula is C33H52N8O6. The number of amides is 1. The number of fused-ring (bicyclic) bond motifs is 1. The van der Waals surface area contributed by atoms with E-state index in [4.69, 9.17) is 40.3 Å². The minimum absolute atomic E-state index is 0.0934. The molecule has 0 unspecified atom stereocenters. The number of nitrogens with two attached hydrogens (primary N) is 2. The summed E-state index contributed by atoms with van der Waals surface area (Å²) >= 11 is 0. The summed E-state index contributed by atoms with van der Waals surface area (Å²) in [5.74, 6) is 1.69. The highest BCUT2D eigenvalue weighted by Gasteiger charge is 2.28. The number of nitrogen functional groups attached to an aromatic ring is 1. The van der Waals surface area contributed by atoms with E-state index in [1.165, 1.54) is 0 Å². The summed E-state index contributed by atoms with van der Waals surface area (Å²) in [7, 11) is 1.66. The van der Waals surface area contributed by atoms with Crippen molar-refractivity contribution in [3.05, 3.63) is 35.5 Å². The number of carbonyl (C=O) groups excluding carboxylic acids is 1. The third kappa shape index (κ3) is 11.6. The maximum atomic E-state index is 13.3. The quantitative estimate of drug-likeness (QED) is 0.121. The first-order valence-corrected chi connectivity index (χ1v) is 16.7. The smallest absolute Gasteiger partial charge is 0.225 e. The number of rotatable bonds is 24. The Labute approximate surface area is 277 Å². The van der Waals surface area contributed by atoms with Gasteiger partial charge in [0.25, 0.3) is 0 Å². The van der Waals surface area contributed by atoms with Crippen molar-refractivity contribution in [3.63, 3.8) is 0 Å². The van der Waals surface area contributed by atoms with Gasteiger partial charge in [-0.05, 0) is 37.3 Å². The SMILES string of the molecule is CCCCNc1nc(N)nc2cn(Cc3ccc(CN(C(=O)CCOCCOCCOCCOCCN)C4CCC4)cc3OC)nc12. The molecule has 0 spiro atoms. The molecule has 1 aliphatic carbocycles. The summed E-state index contributed by atoms with van der Waals surface area (Å²) in [6.07, 6.45) is 7.47. The molecule has 0 bridgehead atoms. The van der Waals surface area contributed by atoms with Crippen LogP contribution in [-0.4, -0.2) is 110 Å². The van der Waals surface area contributed by atoms with Crippen LogP contribution in [0.4, 0.5) is 11.8 Å². The van der Waals surface area contributed by atoms with E-state index in [-0.39, 0.29) is 17.9 Å². The molecule has 2 heterocycles. The fraction of sp³-hybridized carbons (Fsp3) is 0.636. The molecule has 1 aliphatic rings. The number of nitrogens with zero attached hydrogens (tertiary/aromatic N) is 5. The second-order valence-electron chi connectivity index (χ2n) is 11.5. The molecular weight excluding hydrogens is 604 g/mol. The molecule has 3 aromatic rings. The van der Waals surface area contributed by atoms with Gasteiger partial charge >= 0.3 is 0 Å². The van der Waals surface area contributed by atoms with Crippen LogP contribution >= 0.6 is 0 Å². The fourth-order valence-electron chi connectivity index (χ4n) is 5.22. The number of ether oxygens (including phenoxy) is 5. The summed E-state index contributed by atoms with van der Waals surface area (Å²) in [5.41, 5.74) is 14.7. The Hall–Kier alpha value is -3.56. The lowest BCUT2D eigenvalue weighted by atomic mass is 9.90. The first-order chi connectivity index (χ1) is 23.0. The number of aromatic nitrogens is 4. The number of hydrogen-bond acceptors (Lipinski definition) is 12. The van der Waals surface area contributed by atoms with Crippen molar-refractivity contribution in [2.75, 3.05) is 84.1 Å². The van der Waals surface area contributed by atoms with Crippen molar-refractivity contribution >= 4 is 28.7 Å². The van der Waals surface area contributed by atoms with Gasteiger partial charge in [0, 0.05) is 31.2 Å². The largest absolute Gasteiger partial charge is 0.496 e. The molecule has 260 valence electrons. The van der Waals surface area contributed by atoms with Gasteiger partial charge < -0.3 is 45.4 Å². The van der Waals surface area contributed by atoms with Crippen LogP contribution in [0.15, 0.2) is 24.4 Å². The van der Waals surface area contributed by atoms with Crippen LogP contribution in [0.3, 0.4) is 0 Å². The Bertz CT molecular complexity index is 1370. The van der Waals surface area contributed by atoms with Crippen LogP contribution in [0.5, 0.6) is 5.75 Å². The summed E-state index contributed by atoms with van der Waals surface area (Å²) in [6, 6.07) is 6.36. The van der Waals surface area contributed by atoms with Crippen LogP contribution in [0, 0.1) is 0 Å². The van der Waals surface area contributed by atoms with E-state index in [1.807, 2.05) is 27.9 Å². The first-order valence-electron chi connectivity index (χ1n) is 16.7. The van der Waals surface area contributed by atoms with Crippen LogP contribution < -0.4 is 21.5 Å². The van der Waals surface area contributed by atoms with Gasteiger partial charge in [0.1, 0.15) is 11.3 Å². The van der Waals surface area contributed by atoms with Crippen LogP contribution in [-0.2, 0) is 36.8 Å². The van der Waals surface area contributed by atoms with Gasteiger partial charge in [-0.2, -0.15) is 10.1 Å². The second-order valence-corrected chi connectivity index (χ2v) is 11.5. The van der Waals surface area contributed by atoms with Gasteiger partial charge in [0.2, 0.25) is 11.9 Å². The van der Waals surface area contributed by atoms with Gasteiger partial charge in [0.15, 0.2) is 11.3 Å². The van der Waals surface area contributed by atoms with Crippen LogP contribution in [0.1, 0.15) is 56.6 Å². The van der Waals surface area contributed by atoms with Gasteiger partial charge in [-0.15, -0.1) is 0 Å². The van der Waals surface area contributed by atoms with Crippen molar-refractivity contribution in [1.82, 2.24) is 24.6 Å². The molecule has 0 saturated heterocycles. The average Bonchev–Trinajstić information content (AvgIpc) is 3.45. The molecule has 2 aromatic heterocycles. The van der Waals surface area contributed by atoms with E-state index < -0.39 is 0 Å². The van der Waals surface area contributed by atoms with Gasteiger partial charge in [0.05, 0.1) is 79.1 Å². The standard InChI is InChI=1S/C33H52N8O6/c1-3-4-12-36-32-31-28(37-33(35)38-32)24-40(39-31)23-26-9-8-25(21-29(26)43-2)22-41(27-6-5-7-27)30(42)10-13-44-15-17-46-19-20-47-18-16-45-14-11-34/h8-9,21,24,27H,3-7,10-20,22-23,34H2,1-2H3,(H3,35,36,37,38). The molecule has 4 rings (SSSR count). The van der Waals surface area contributed by atoms with Crippen LogP contribution in [0.25, 0.3) is 11.0 Å². The Kier molecular flexibility index (Phi) is 15.4. The first kappa shape index (κ1) is 36.3. The number of unbranched alkanes of at least 4 members (excludes halogenated alkanes) is 1. The van der Waals surface area contributed by atoms with E-state index in [0.29, 0.717) is 95.8 Å². The van der Waals surface area contributed by atoms with Crippen molar-refractivity contribution < 1.29 is 28.5 Å². The third-order valence-corrected chi connectivity index (χ3v) is 7.96. The van der Waals surface area contributed by atoms with E-state index in [0.717, 1.165) is 55.5 Å². The fourth-order valence-corrected chi connectivity index (χ4v) is 5.22. The van der Waals surface area contributed by atoms with Crippen molar-refractivity contribution in [1.29, 1.82) is 0 Å². The lowest BCUT2D eigenvalue weighted by Gasteiger charge is -2.38. The minimum atomic E-state index is 0.0934. The monoisotopic (exact) mass is 656 g/mol. The van der Waals surface area contributed by atoms with Gasteiger partial charge in [-0.1, -0.05) is 25.5 Å². The van der Waals surface area contributed by atoms with Gasteiger partial charge in [-0.3, -0.25) is 9.48 Å².